The summed E-state index contributed by atoms with van der Waals surface area (Å²) in [4.78, 5) is 15.1. The van der Waals surface area contributed by atoms with Gasteiger partial charge in [0.05, 0.1) is 12.9 Å². The molecule has 2 rings (SSSR count). The van der Waals surface area contributed by atoms with E-state index in [1.807, 2.05) is 29.2 Å². The normalized spacial score (nSPS) is 18.3. The van der Waals surface area contributed by atoms with Crippen molar-refractivity contribution in [1.29, 1.82) is 0 Å². The summed E-state index contributed by atoms with van der Waals surface area (Å²) in [5.74, 6) is 1.56. The number of piperazine rings is 1. The van der Waals surface area contributed by atoms with Crippen LogP contribution in [0.2, 0.25) is 0 Å². The highest BCUT2D eigenvalue weighted by atomic mass is 35.5. The minimum atomic E-state index is 0. The van der Waals surface area contributed by atoms with Gasteiger partial charge in [0.15, 0.2) is 0 Å². The molecule has 1 aliphatic heterocycles. The SMILES string of the molecule is COc1ccc(SCC(=O)N2CCNC(C)C2)cc1.Cl. The number of hydrogen-bond donors (Lipinski definition) is 1. The van der Waals surface area contributed by atoms with E-state index < -0.39 is 0 Å². The summed E-state index contributed by atoms with van der Waals surface area (Å²) in [6.07, 6.45) is 0. The minimum Gasteiger partial charge on any atom is -0.497 e. The van der Waals surface area contributed by atoms with E-state index in [2.05, 4.69) is 12.2 Å². The summed E-state index contributed by atoms with van der Waals surface area (Å²) >= 11 is 1.58. The first kappa shape index (κ1) is 17.1. The van der Waals surface area contributed by atoms with Crippen LogP contribution < -0.4 is 10.1 Å². The van der Waals surface area contributed by atoms with Crippen molar-refractivity contribution in [3.63, 3.8) is 0 Å². The third-order valence-electron chi connectivity index (χ3n) is 3.14. The highest BCUT2D eigenvalue weighted by Gasteiger charge is 2.20. The van der Waals surface area contributed by atoms with Gasteiger partial charge in [0.2, 0.25) is 5.91 Å². The number of amides is 1. The molecular weight excluding hydrogens is 296 g/mol. The average molecular weight is 317 g/mol. The fraction of sp³-hybridized carbons (Fsp3) is 0.500. The number of carbonyl (C=O) groups is 1. The van der Waals surface area contributed by atoms with E-state index in [0.717, 1.165) is 30.3 Å². The minimum absolute atomic E-state index is 0. The number of benzene rings is 1. The fourth-order valence-electron chi connectivity index (χ4n) is 2.07. The van der Waals surface area contributed by atoms with E-state index in [-0.39, 0.29) is 18.3 Å². The Kier molecular flexibility index (Phi) is 7.19. The van der Waals surface area contributed by atoms with Crippen LogP contribution in [0.15, 0.2) is 29.2 Å². The average Bonchev–Trinajstić information content (AvgIpc) is 2.45. The zero-order valence-corrected chi connectivity index (χ0v) is 13.4. The molecule has 0 radical (unpaired) electrons. The maximum atomic E-state index is 12.1. The molecule has 1 fully saturated rings. The Morgan fingerprint density at radius 3 is 2.75 bits per heavy atom. The molecule has 1 heterocycles. The molecule has 1 saturated heterocycles. The van der Waals surface area contributed by atoms with Crippen LogP contribution in [0.5, 0.6) is 5.75 Å². The summed E-state index contributed by atoms with van der Waals surface area (Å²) in [5, 5.41) is 3.34. The van der Waals surface area contributed by atoms with Gasteiger partial charge in [-0.2, -0.15) is 0 Å². The van der Waals surface area contributed by atoms with E-state index in [1.165, 1.54) is 0 Å². The van der Waals surface area contributed by atoms with Crippen molar-refractivity contribution in [3.8, 4) is 5.75 Å². The first-order valence-corrected chi connectivity index (χ1v) is 7.45. The molecule has 112 valence electrons. The summed E-state index contributed by atoms with van der Waals surface area (Å²) < 4.78 is 5.11. The second-order valence-electron chi connectivity index (χ2n) is 4.66. The van der Waals surface area contributed by atoms with Crippen LogP contribution in [0.1, 0.15) is 6.92 Å². The number of methoxy groups -OCH3 is 1. The molecule has 0 aromatic heterocycles. The first-order chi connectivity index (χ1) is 9.19. The lowest BCUT2D eigenvalue weighted by Crippen LogP contribution is -2.51. The van der Waals surface area contributed by atoms with Crippen molar-refractivity contribution in [2.75, 3.05) is 32.5 Å². The highest BCUT2D eigenvalue weighted by molar-refractivity contribution is 8.00. The van der Waals surface area contributed by atoms with Crippen molar-refractivity contribution >= 4 is 30.1 Å². The van der Waals surface area contributed by atoms with Gasteiger partial charge in [-0.3, -0.25) is 4.79 Å². The van der Waals surface area contributed by atoms with Gasteiger partial charge >= 0.3 is 0 Å². The molecule has 1 aromatic carbocycles. The highest BCUT2D eigenvalue weighted by Crippen LogP contribution is 2.21. The molecule has 1 unspecified atom stereocenters. The molecule has 0 spiro atoms. The van der Waals surface area contributed by atoms with Gasteiger partial charge in [-0.15, -0.1) is 24.2 Å². The molecule has 1 atom stereocenters. The van der Waals surface area contributed by atoms with Crippen LogP contribution >= 0.6 is 24.2 Å². The van der Waals surface area contributed by atoms with Gasteiger partial charge in [0.25, 0.3) is 0 Å². The number of carbonyl (C=O) groups excluding carboxylic acids is 1. The Morgan fingerprint density at radius 2 is 2.15 bits per heavy atom. The molecule has 0 aliphatic carbocycles. The van der Waals surface area contributed by atoms with Gasteiger partial charge in [-0.25, -0.2) is 0 Å². The monoisotopic (exact) mass is 316 g/mol. The number of nitrogens with zero attached hydrogens (tertiary/aromatic N) is 1. The number of nitrogens with one attached hydrogen (secondary N) is 1. The summed E-state index contributed by atoms with van der Waals surface area (Å²) in [6, 6.07) is 8.19. The van der Waals surface area contributed by atoms with Crippen LogP contribution in [0.4, 0.5) is 0 Å². The predicted molar refractivity (Wildman–Crippen MR) is 85.0 cm³/mol. The zero-order valence-electron chi connectivity index (χ0n) is 11.8. The van der Waals surface area contributed by atoms with Crippen molar-refractivity contribution in [1.82, 2.24) is 10.2 Å². The third-order valence-corrected chi connectivity index (χ3v) is 4.14. The van der Waals surface area contributed by atoms with Crippen LogP contribution in [-0.2, 0) is 4.79 Å². The molecule has 1 aromatic rings. The summed E-state index contributed by atoms with van der Waals surface area (Å²) in [5.41, 5.74) is 0. The Labute approximate surface area is 130 Å². The topological polar surface area (TPSA) is 41.6 Å². The molecule has 20 heavy (non-hydrogen) atoms. The largest absolute Gasteiger partial charge is 0.497 e. The molecule has 4 nitrogen and oxygen atoms in total. The summed E-state index contributed by atoms with van der Waals surface area (Å²) in [7, 11) is 1.65. The van der Waals surface area contributed by atoms with Gasteiger partial charge in [0.1, 0.15) is 5.75 Å². The van der Waals surface area contributed by atoms with E-state index in [1.54, 1.807) is 18.9 Å². The van der Waals surface area contributed by atoms with Crippen molar-refractivity contribution < 1.29 is 9.53 Å². The maximum absolute atomic E-state index is 12.1. The van der Waals surface area contributed by atoms with Gasteiger partial charge in [-0.05, 0) is 31.2 Å². The van der Waals surface area contributed by atoms with Crippen molar-refractivity contribution in [2.24, 2.45) is 0 Å². The second-order valence-corrected chi connectivity index (χ2v) is 5.71. The lowest BCUT2D eigenvalue weighted by molar-refractivity contribution is -0.129. The second kappa shape index (κ2) is 8.39. The number of hydrogen-bond acceptors (Lipinski definition) is 4. The molecule has 1 N–H and O–H groups in total. The molecule has 6 heteroatoms. The zero-order chi connectivity index (χ0) is 13.7. The smallest absolute Gasteiger partial charge is 0.233 e. The van der Waals surface area contributed by atoms with E-state index in [4.69, 9.17) is 4.74 Å². The predicted octanol–water partition coefficient (Wildman–Crippen LogP) is 2.03. The number of ether oxygens (including phenoxy) is 1. The summed E-state index contributed by atoms with van der Waals surface area (Å²) in [6.45, 7) is 4.62. The van der Waals surface area contributed by atoms with Crippen LogP contribution in [0.3, 0.4) is 0 Å². The third kappa shape index (κ3) is 4.89. The van der Waals surface area contributed by atoms with Gasteiger partial charge < -0.3 is 15.0 Å². The quantitative estimate of drug-likeness (QED) is 0.863. The molecule has 0 bridgehead atoms. The van der Waals surface area contributed by atoms with Crippen LogP contribution in [-0.4, -0.2) is 49.3 Å². The van der Waals surface area contributed by atoms with Gasteiger partial charge in [0, 0.05) is 30.6 Å². The lowest BCUT2D eigenvalue weighted by Gasteiger charge is -2.31. The van der Waals surface area contributed by atoms with Crippen LogP contribution in [0, 0.1) is 0 Å². The molecule has 1 aliphatic rings. The Bertz CT molecular complexity index is 428. The maximum Gasteiger partial charge on any atom is 0.233 e. The molecule has 1 amide bonds. The number of halogens is 1. The molecule has 0 saturated carbocycles. The van der Waals surface area contributed by atoms with Crippen molar-refractivity contribution in [2.45, 2.75) is 17.9 Å². The standard InChI is InChI=1S/C14H20N2O2S.ClH/c1-11-9-16(8-7-15-11)14(17)10-19-13-5-3-12(18-2)4-6-13;/h3-6,11,15H,7-10H2,1-2H3;1H. The lowest BCUT2D eigenvalue weighted by atomic mass is 10.2. The van der Waals surface area contributed by atoms with Crippen molar-refractivity contribution in [3.05, 3.63) is 24.3 Å². The van der Waals surface area contributed by atoms with E-state index in [0.29, 0.717) is 11.8 Å². The van der Waals surface area contributed by atoms with Gasteiger partial charge in [-0.1, -0.05) is 0 Å². The number of rotatable bonds is 4. The van der Waals surface area contributed by atoms with Crippen LogP contribution in [0.25, 0.3) is 0 Å². The van der Waals surface area contributed by atoms with E-state index >= 15 is 0 Å². The Hall–Kier alpha value is -0.910. The fourth-order valence-corrected chi connectivity index (χ4v) is 2.87. The first-order valence-electron chi connectivity index (χ1n) is 6.47. The van der Waals surface area contributed by atoms with E-state index in [9.17, 15) is 4.79 Å². The number of thioether (sulfide) groups is 1. The Balaban J connectivity index is 0.00000200. The Morgan fingerprint density at radius 1 is 1.45 bits per heavy atom. The molecular formula is C14H21ClN2O2S.